The molecule has 1 aliphatic carbocycles. The van der Waals surface area contributed by atoms with Crippen LogP contribution in [0.3, 0.4) is 0 Å². The largest absolute Gasteiger partial charge is 0.465 e. The first kappa shape index (κ1) is 15.2. The predicted molar refractivity (Wildman–Crippen MR) is 76.0 cm³/mol. The lowest BCUT2D eigenvalue weighted by Crippen LogP contribution is -2.06. The van der Waals surface area contributed by atoms with Crippen molar-refractivity contribution in [2.45, 2.75) is 26.1 Å². The number of ether oxygens (including phenoxy) is 1. The highest BCUT2D eigenvalue weighted by atomic mass is 35.5. The van der Waals surface area contributed by atoms with E-state index in [0.29, 0.717) is 6.61 Å². The first-order valence-corrected chi connectivity index (χ1v) is 6.37. The topological polar surface area (TPSA) is 26.3 Å². The van der Waals surface area contributed by atoms with Crippen LogP contribution in [0.5, 0.6) is 0 Å². The lowest BCUT2D eigenvalue weighted by molar-refractivity contribution is -0.141. The summed E-state index contributed by atoms with van der Waals surface area (Å²) in [6, 6.07) is 0. The van der Waals surface area contributed by atoms with Crippen LogP contribution < -0.4 is 0 Å². The molecule has 1 saturated carbocycles. The molecule has 1 rings (SSSR count). The smallest absolute Gasteiger partial charge is 0.302 e. The first-order chi connectivity index (χ1) is 9.02. The number of esters is 1. The van der Waals surface area contributed by atoms with Crippen LogP contribution in [-0.4, -0.2) is 18.0 Å². The number of hydrogen-bond donors (Lipinski definition) is 0. The van der Waals surface area contributed by atoms with Gasteiger partial charge in [0.1, 0.15) is 0 Å². The van der Waals surface area contributed by atoms with E-state index in [1.807, 2.05) is 19.9 Å². The summed E-state index contributed by atoms with van der Waals surface area (Å²) in [5.74, 6) is 16.2. The van der Waals surface area contributed by atoms with E-state index < -0.39 is 0 Å². The van der Waals surface area contributed by atoms with E-state index in [-0.39, 0.29) is 22.7 Å². The maximum atomic E-state index is 10.7. The van der Waals surface area contributed by atoms with Gasteiger partial charge < -0.3 is 4.74 Å². The van der Waals surface area contributed by atoms with Gasteiger partial charge in [0.2, 0.25) is 0 Å². The molecule has 1 fully saturated rings. The molecule has 0 aromatic carbocycles. The molecule has 0 spiro atoms. The summed E-state index contributed by atoms with van der Waals surface area (Å²) in [7, 11) is 0. The zero-order chi connectivity index (χ0) is 14.3. The Kier molecular flexibility index (Phi) is 5.57. The molecule has 0 amide bonds. The molecule has 2 nitrogen and oxygen atoms in total. The van der Waals surface area contributed by atoms with Gasteiger partial charge in [0.05, 0.1) is 17.4 Å². The van der Waals surface area contributed by atoms with E-state index in [1.165, 1.54) is 6.92 Å². The van der Waals surface area contributed by atoms with Gasteiger partial charge in [-0.05, 0) is 43.6 Å². The quantitative estimate of drug-likeness (QED) is 0.439. The molecular weight excluding hydrogens is 260 g/mol. The number of carbonyl (C=O) groups is 1. The maximum absolute atomic E-state index is 10.7. The highest BCUT2D eigenvalue weighted by Gasteiger charge is 2.60. The summed E-state index contributed by atoms with van der Waals surface area (Å²) in [4.78, 5) is 10.7. The number of rotatable bonds is 2. The molecule has 3 heteroatoms. The molecule has 0 saturated heterocycles. The van der Waals surface area contributed by atoms with Gasteiger partial charge in [-0.1, -0.05) is 17.9 Å². The molecule has 1 aliphatic rings. The van der Waals surface area contributed by atoms with Crippen molar-refractivity contribution < 1.29 is 9.53 Å². The Morgan fingerprint density at radius 1 is 1.37 bits per heavy atom. The average molecular weight is 275 g/mol. The fourth-order valence-corrected chi connectivity index (χ4v) is 2.04. The molecule has 0 radical (unpaired) electrons. The van der Waals surface area contributed by atoms with Crippen LogP contribution in [0.25, 0.3) is 0 Å². The first-order valence-electron chi connectivity index (χ1n) is 5.93. The summed E-state index contributed by atoms with van der Waals surface area (Å²) in [6.07, 6.45) is 3.55. The fourth-order valence-electron chi connectivity index (χ4n) is 1.56. The third-order valence-electron chi connectivity index (χ3n) is 2.89. The Labute approximate surface area is 119 Å². The van der Waals surface area contributed by atoms with Crippen molar-refractivity contribution in [3.05, 3.63) is 12.2 Å². The van der Waals surface area contributed by atoms with Gasteiger partial charge in [-0.25, -0.2) is 0 Å². The Hall–Kier alpha value is -1.82. The molecule has 0 aliphatic heterocycles. The van der Waals surface area contributed by atoms with Crippen molar-refractivity contribution in [3.63, 3.8) is 0 Å². The zero-order valence-corrected chi connectivity index (χ0v) is 12.0. The molecule has 19 heavy (non-hydrogen) atoms. The van der Waals surface area contributed by atoms with Crippen LogP contribution in [0.2, 0.25) is 0 Å². The van der Waals surface area contributed by atoms with Crippen molar-refractivity contribution in [1.82, 2.24) is 0 Å². The highest BCUT2D eigenvalue weighted by molar-refractivity contribution is 6.24. The number of carbonyl (C=O) groups excluding carboxylic acids is 1. The van der Waals surface area contributed by atoms with E-state index >= 15 is 0 Å². The van der Waals surface area contributed by atoms with Crippen molar-refractivity contribution in [2.75, 3.05) is 6.61 Å². The number of allylic oxidation sites excluding steroid dienone is 2. The Morgan fingerprint density at radius 2 is 2.05 bits per heavy atom. The minimum atomic E-state index is -0.331. The lowest BCUT2D eigenvalue weighted by Gasteiger charge is -2.01. The van der Waals surface area contributed by atoms with Crippen LogP contribution in [0, 0.1) is 46.9 Å². The van der Waals surface area contributed by atoms with Crippen molar-refractivity contribution >= 4 is 17.6 Å². The monoisotopic (exact) mass is 274 g/mol. The van der Waals surface area contributed by atoms with Crippen LogP contribution in [0.15, 0.2) is 12.2 Å². The summed E-state index contributed by atoms with van der Waals surface area (Å²) in [5, 5.41) is -0.102. The maximum Gasteiger partial charge on any atom is 0.302 e. The standard InChI is InChI=1S/C16H15ClO2/c1-4-5-6-7-8-9-10-11-16(3)14(15(16)17)12-19-13(2)18/h4-5,14-15H,12H2,1-3H3/b5-4+/t14-,15-,16-/m0/s1. The number of halogens is 1. The molecule has 3 atom stereocenters. The van der Waals surface area contributed by atoms with Gasteiger partial charge in [0.15, 0.2) is 0 Å². The van der Waals surface area contributed by atoms with Gasteiger partial charge in [0, 0.05) is 12.8 Å². The second-order valence-electron chi connectivity index (χ2n) is 4.36. The molecule has 0 aromatic heterocycles. The van der Waals surface area contributed by atoms with E-state index in [4.69, 9.17) is 16.3 Å². The van der Waals surface area contributed by atoms with Crippen LogP contribution in [0.1, 0.15) is 20.8 Å². The minimum absolute atomic E-state index is 0.0708. The van der Waals surface area contributed by atoms with Crippen molar-refractivity contribution in [2.24, 2.45) is 11.3 Å². The molecule has 0 N–H and O–H groups in total. The third-order valence-corrected chi connectivity index (χ3v) is 3.65. The van der Waals surface area contributed by atoms with E-state index in [1.54, 1.807) is 6.08 Å². The van der Waals surface area contributed by atoms with Crippen LogP contribution in [-0.2, 0) is 9.53 Å². The Balaban J connectivity index is 2.54. The second-order valence-corrected chi connectivity index (χ2v) is 4.83. The highest BCUT2D eigenvalue weighted by Crippen LogP contribution is 2.55. The summed E-state index contributed by atoms with van der Waals surface area (Å²) in [6.45, 7) is 5.52. The molecule has 0 heterocycles. The Bertz CT molecular complexity index is 557. The average Bonchev–Trinajstić information content (AvgIpc) is 2.87. The fraction of sp³-hybridized carbons (Fsp3) is 0.438. The molecule has 0 aromatic rings. The molecule has 0 unspecified atom stereocenters. The van der Waals surface area contributed by atoms with Gasteiger partial charge in [-0.15, -0.1) is 11.6 Å². The molecular formula is C16H15ClO2. The van der Waals surface area contributed by atoms with E-state index in [2.05, 4.69) is 35.5 Å². The van der Waals surface area contributed by atoms with Gasteiger partial charge in [0.25, 0.3) is 0 Å². The van der Waals surface area contributed by atoms with Gasteiger partial charge >= 0.3 is 5.97 Å². The van der Waals surface area contributed by atoms with E-state index in [0.717, 1.165) is 0 Å². The molecule has 98 valence electrons. The SMILES string of the molecule is C/C=C/C#CC#CC#C[C@]1(C)[C@@H](Cl)[C@@H]1COC(C)=O. The third kappa shape index (κ3) is 4.40. The Morgan fingerprint density at radius 3 is 2.68 bits per heavy atom. The summed E-state index contributed by atoms with van der Waals surface area (Å²) in [5.41, 5.74) is -0.331. The summed E-state index contributed by atoms with van der Waals surface area (Å²) >= 11 is 6.14. The predicted octanol–water partition coefficient (Wildman–Crippen LogP) is 2.38. The minimum Gasteiger partial charge on any atom is -0.465 e. The van der Waals surface area contributed by atoms with Gasteiger partial charge in [-0.3, -0.25) is 4.79 Å². The van der Waals surface area contributed by atoms with Crippen molar-refractivity contribution in [3.8, 4) is 35.5 Å². The zero-order valence-electron chi connectivity index (χ0n) is 11.2. The lowest BCUT2D eigenvalue weighted by atomic mass is 10.1. The van der Waals surface area contributed by atoms with Crippen molar-refractivity contribution in [1.29, 1.82) is 0 Å². The summed E-state index contributed by atoms with van der Waals surface area (Å²) < 4.78 is 4.95. The van der Waals surface area contributed by atoms with Crippen LogP contribution >= 0.6 is 11.6 Å². The number of hydrogen-bond acceptors (Lipinski definition) is 2. The normalized spacial score (nSPS) is 27.2. The van der Waals surface area contributed by atoms with Gasteiger partial charge in [-0.2, -0.15) is 0 Å². The van der Waals surface area contributed by atoms with Crippen LogP contribution in [0.4, 0.5) is 0 Å². The molecule has 0 bridgehead atoms. The second kappa shape index (κ2) is 6.94. The number of alkyl halides is 1. The van der Waals surface area contributed by atoms with E-state index in [9.17, 15) is 4.79 Å².